The number of hydrogen-bond donors (Lipinski definition) is 0. The maximum atomic E-state index is 11.6. The molecule has 4 nitrogen and oxygen atoms in total. The number of hydrogen-bond acceptors (Lipinski definition) is 4. The van der Waals surface area contributed by atoms with E-state index in [2.05, 4.69) is 0 Å². The molecule has 0 aromatic carbocycles. The van der Waals surface area contributed by atoms with Crippen LogP contribution in [0.2, 0.25) is 0 Å². The lowest BCUT2D eigenvalue weighted by Gasteiger charge is -2.28. The molecule has 1 aliphatic heterocycles. The third-order valence-corrected chi connectivity index (χ3v) is 3.24. The fourth-order valence-electron chi connectivity index (χ4n) is 2.24. The van der Waals surface area contributed by atoms with Crippen LogP contribution in [0.4, 0.5) is 0 Å². The van der Waals surface area contributed by atoms with Gasteiger partial charge in [0.1, 0.15) is 6.29 Å². The van der Waals surface area contributed by atoms with Crippen molar-refractivity contribution in [2.75, 3.05) is 7.11 Å². The van der Waals surface area contributed by atoms with Crippen LogP contribution in [0, 0.1) is 5.92 Å². The van der Waals surface area contributed by atoms with Gasteiger partial charge in [0, 0.05) is 6.42 Å². The predicted octanol–water partition coefficient (Wildman–Crippen LogP) is 1.32. The minimum Gasteiger partial charge on any atom is -0.467 e. The van der Waals surface area contributed by atoms with Crippen molar-refractivity contribution in [1.29, 1.82) is 0 Å². The van der Waals surface area contributed by atoms with Crippen molar-refractivity contribution in [2.24, 2.45) is 5.92 Å². The third-order valence-electron chi connectivity index (χ3n) is 3.24. The zero-order chi connectivity index (χ0) is 11.7. The lowest BCUT2D eigenvalue weighted by atomic mass is 9.86. The average Bonchev–Trinajstić information content (AvgIpc) is 2.37. The van der Waals surface area contributed by atoms with Crippen LogP contribution in [0.1, 0.15) is 33.6 Å². The van der Waals surface area contributed by atoms with Gasteiger partial charge >= 0.3 is 5.97 Å². The Morgan fingerprint density at radius 3 is 2.67 bits per heavy atom. The smallest absolute Gasteiger partial charge is 0.338 e. The first-order valence-corrected chi connectivity index (χ1v) is 5.10. The Bertz CT molecular complexity index is 276. The number of carbonyl (C=O) groups is 2. The van der Waals surface area contributed by atoms with Crippen LogP contribution in [0.3, 0.4) is 0 Å². The van der Waals surface area contributed by atoms with Gasteiger partial charge in [0.25, 0.3) is 0 Å². The van der Waals surface area contributed by atoms with Crippen LogP contribution >= 0.6 is 0 Å². The second-order valence-electron chi connectivity index (χ2n) is 4.63. The van der Waals surface area contributed by atoms with E-state index in [1.165, 1.54) is 7.11 Å². The molecular weight excluding hydrogens is 196 g/mol. The molecule has 0 bridgehead atoms. The molecule has 1 heterocycles. The summed E-state index contributed by atoms with van der Waals surface area (Å²) >= 11 is 0. The van der Waals surface area contributed by atoms with Crippen molar-refractivity contribution in [1.82, 2.24) is 0 Å². The lowest BCUT2D eigenvalue weighted by Crippen LogP contribution is -2.42. The molecule has 0 saturated carbocycles. The molecule has 0 aromatic rings. The van der Waals surface area contributed by atoms with Crippen molar-refractivity contribution >= 4 is 12.3 Å². The van der Waals surface area contributed by atoms with Crippen molar-refractivity contribution in [3.8, 4) is 0 Å². The van der Waals surface area contributed by atoms with Crippen LogP contribution < -0.4 is 0 Å². The standard InChI is InChI=1S/C11H18O4/c1-8-7-10(2,5-6-12)15-11(8,3)9(13)14-4/h6,8H,5,7H2,1-4H3/t8-,10-,11-/m1/s1. The normalized spacial score (nSPS) is 40.1. The summed E-state index contributed by atoms with van der Waals surface area (Å²) in [5.74, 6) is -0.320. The van der Waals surface area contributed by atoms with Gasteiger partial charge in [-0.25, -0.2) is 4.79 Å². The summed E-state index contributed by atoms with van der Waals surface area (Å²) in [6.07, 6.45) is 1.83. The van der Waals surface area contributed by atoms with E-state index in [0.717, 1.165) is 6.29 Å². The summed E-state index contributed by atoms with van der Waals surface area (Å²) in [5, 5.41) is 0. The summed E-state index contributed by atoms with van der Waals surface area (Å²) in [4.78, 5) is 22.1. The average molecular weight is 214 g/mol. The highest BCUT2D eigenvalue weighted by molar-refractivity contribution is 5.80. The number of ether oxygens (including phenoxy) is 2. The fraction of sp³-hybridized carbons (Fsp3) is 0.818. The Kier molecular flexibility index (Phi) is 3.19. The molecule has 0 spiro atoms. The minimum atomic E-state index is -0.924. The minimum absolute atomic E-state index is 0.0508. The highest BCUT2D eigenvalue weighted by Crippen LogP contribution is 2.44. The zero-order valence-corrected chi connectivity index (χ0v) is 9.70. The zero-order valence-electron chi connectivity index (χ0n) is 9.70. The van der Waals surface area contributed by atoms with Crippen LogP contribution in [0.5, 0.6) is 0 Å². The maximum absolute atomic E-state index is 11.6. The molecule has 1 rings (SSSR count). The van der Waals surface area contributed by atoms with Crippen LogP contribution in [-0.2, 0) is 19.1 Å². The molecule has 0 unspecified atom stereocenters. The van der Waals surface area contributed by atoms with Crippen LogP contribution in [0.15, 0.2) is 0 Å². The molecule has 0 aliphatic carbocycles. The maximum Gasteiger partial charge on any atom is 0.338 e. The molecule has 3 atom stereocenters. The van der Waals surface area contributed by atoms with Crippen molar-refractivity contribution in [3.63, 3.8) is 0 Å². The second-order valence-corrected chi connectivity index (χ2v) is 4.63. The van der Waals surface area contributed by atoms with Gasteiger partial charge in [-0.3, -0.25) is 0 Å². The van der Waals surface area contributed by atoms with E-state index in [4.69, 9.17) is 9.47 Å². The van der Waals surface area contributed by atoms with Crippen LogP contribution in [-0.4, -0.2) is 30.6 Å². The summed E-state index contributed by atoms with van der Waals surface area (Å²) in [6, 6.07) is 0. The van der Waals surface area contributed by atoms with E-state index in [1.807, 2.05) is 13.8 Å². The van der Waals surface area contributed by atoms with E-state index >= 15 is 0 Å². The van der Waals surface area contributed by atoms with Gasteiger partial charge < -0.3 is 14.3 Å². The molecule has 1 aliphatic rings. The molecule has 0 amide bonds. The summed E-state index contributed by atoms with van der Waals surface area (Å²) in [5.41, 5.74) is -1.46. The Labute approximate surface area is 89.9 Å². The highest BCUT2D eigenvalue weighted by Gasteiger charge is 2.53. The first-order valence-electron chi connectivity index (χ1n) is 5.10. The second kappa shape index (κ2) is 3.93. The molecule has 86 valence electrons. The van der Waals surface area contributed by atoms with E-state index in [1.54, 1.807) is 6.92 Å². The molecule has 4 heteroatoms. The van der Waals surface area contributed by atoms with Gasteiger partial charge in [0.05, 0.1) is 12.7 Å². The number of aldehydes is 1. The predicted molar refractivity (Wildman–Crippen MR) is 54.4 cm³/mol. The van der Waals surface area contributed by atoms with E-state index in [9.17, 15) is 9.59 Å². The fourth-order valence-corrected chi connectivity index (χ4v) is 2.24. The number of esters is 1. The molecule has 0 N–H and O–H groups in total. The third kappa shape index (κ3) is 2.04. The molecule has 0 aromatic heterocycles. The van der Waals surface area contributed by atoms with Gasteiger partial charge in [0.2, 0.25) is 0 Å². The number of carbonyl (C=O) groups excluding carboxylic acids is 2. The molecule has 15 heavy (non-hydrogen) atoms. The first-order chi connectivity index (χ1) is 6.88. The van der Waals surface area contributed by atoms with Crippen molar-refractivity contribution in [2.45, 2.75) is 44.8 Å². The monoisotopic (exact) mass is 214 g/mol. The van der Waals surface area contributed by atoms with Gasteiger partial charge in [-0.15, -0.1) is 0 Å². The lowest BCUT2D eigenvalue weighted by molar-refractivity contribution is -0.176. The van der Waals surface area contributed by atoms with Gasteiger partial charge in [-0.2, -0.15) is 0 Å². The van der Waals surface area contributed by atoms with Gasteiger partial charge in [0.15, 0.2) is 5.60 Å². The molecule has 0 radical (unpaired) electrons. The Hall–Kier alpha value is -0.900. The summed E-state index contributed by atoms with van der Waals surface area (Å²) in [6.45, 7) is 5.51. The quantitative estimate of drug-likeness (QED) is 0.525. The molecule has 1 saturated heterocycles. The Balaban J connectivity index is 2.87. The van der Waals surface area contributed by atoms with E-state index in [0.29, 0.717) is 12.8 Å². The SMILES string of the molecule is COC(=O)[C@]1(C)O[C@](C)(CC=O)C[C@H]1C. The Morgan fingerprint density at radius 2 is 2.20 bits per heavy atom. The topological polar surface area (TPSA) is 52.6 Å². The van der Waals surface area contributed by atoms with Gasteiger partial charge in [-0.05, 0) is 26.2 Å². The summed E-state index contributed by atoms with van der Waals surface area (Å²) < 4.78 is 10.5. The largest absolute Gasteiger partial charge is 0.467 e. The van der Waals surface area contributed by atoms with Crippen LogP contribution in [0.25, 0.3) is 0 Å². The first kappa shape index (κ1) is 12.2. The highest BCUT2D eigenvalue weighted by atomic mass is 16.6. The van der Waals surface area contributed by atoms with E-state index in [-0.39, 0.29) is 11.9 Å². The summed E-state index contributed by atoms with van der Waals surface area (Å²) in [7, 11) is 1.35. The number of methoxy groups -OCH3 is 1. The number of rotatable bonds is 3. The van der Waals surface area contributed by atoms with Crippen molar-refractivity contribution in [3.05, 3.63) is 0 Å². The van der Waals surface area contributed by atoms with Crippen molar-refractivity contribution < 1.29 is 19.1 Å². The molecular formula is C11H18O4. The van der Waals surface area contributed by atoms with E-state index < -0.39 is 11.2 Å². The van der Waals surface area contributed by atoms with Gasteiger partial charge in [-0.1, -0.05) is 6.92 Å². The molecule has 1 fully saturated rings. The Morgan fingerprint density at radius 1 is 1.60 bits per heavy atom.